The second kappa shape index (κ2) is 12.0. The number of piperazine rings is 1. The number of halogens is 1. The molecule has 3 aliphatic heterocycles. The van der Waals surface area contributed by atoms with Crippen LogP contribution >= 0.6 is 0 Å². The number of carbonyl (C=O) groups is 1. The zero-order valence-corrected chi connectivity index (χ0v) is 23.2. The van der Waals surface area contributed by atoms with Crippen LogP contribution in [0.3, 0.4) is 0 Å². The van der Waals surface area contributed by atoms with Gasteiger partial charge in [-0.3, -0.25) is 4.79 Å². The van der Waals surface area contributed by atoms with Crippen LogP contribution in [0, 0.1) is 28.5 Å². The second-order valence-corrected chi connectivity index (χ2v) is 10.8. The van der Waals surface area contributed by atoms with Gasteiger partial charge in [-0.1, -0.05) is 6.58 Å². The van der Waals surface area contributed by atoms with Gasteiger partial charge in [0.25, 0.3) is 0 Å². The zero-order chi connectivity index (χ0) is 29.1. The lowest BCUT2D eigenvalue weighted by Gasteiger charge is -2.43. The van der Waals surface area contributed by atoms with Gasteiger partial charge >= 0.3 is 0 Å². The molecule has 0 spiro atoms. The summed E-state index contributed by atoms with van der Waals surface area (Å²) >= 11 is 0. The third-order valence-corrected chi connectivity index (χ3v) is 8.34. The van der Waals surface area contributed by atoms with Crippen LogP contribution in [-0.2, 0) is 17.8 Å². The summed E-state index contributed by atoms with van der Waals surface area (Å²) in [5.41, 5.74) is 2.87. The molecule has 0 radical (unpaired) electrons. The number of carbonyl (C=O) groups excluding carboxylic acids is 1. The van der Waals surface area contributed by atoms with Crippen LogP contribution in [0.1, 0.15) is 36.1 Å². The molecule has 1 aromatic heterocycles. The Kier molecular flexibility index (Phi) is 8.27. The normalized spacial score (nSPS) is 20.7. The van der Waals surface area contributed by atoms with E-state index in [4.69, 9.17) is 9.72 Å². The van der Waals surface area contributed by atoms with Crippen molar-refractivity contribution in [3.8, 4) is 23.8 Å². The van der Waals surface area contributed by atoms with Gasteiger partial charge in [0.05, 0.1) is 42.1 Å². The Bertz CT molecular complexity index is 1420. The lowest BCUT2D eigenvalue weighted by atomic mass is 9.96. The number of ether oxygens (including phenoxy) is 1. The van der Waals surface area contributed by atoms with Crippen LogP contribution in [0.15, 0.2) is 30.9 Å². The Morgan fingerprint density at radius 3 is 2.78 bits per heavy atom. The van der Waals surface area contributed by atoms with E-state index in [0.717, 1.165) is 24.9 Å². The topological polar surface area (TPSA) is 120 Å². The van der Waals surface area contributed by atoms with Crippen LogP contribution < -0.4 is 14.5 Å². The fourth-order valence-electron chi connectivity index (χ4n) is 6.15. The fourth-order valence-corrected chi connectivity index (χ4v) is 6.15. The number of benzene rings is 1. The van der Waals surface area contributed by atoms with Crippen molar-refractivity contribution in [3.05, 3.63) is 53.5 Å². The number of pyridine rings is 1. The monoisotopic (exact) mass is 559 g/mol. The first-order valence-electron chi connectivity index (χ1n) is 13.9. The number of nitrogens with zero attached hydrogens (tertiary/aromatic N) is 7. The number of phenolic OH excluding ortho intramolecular Hbond substituents is 1. The largest absolute Gasteiger partial charge is 0.508 e. The number of fused-ring (bicyclic) bond motifs is 1. The summed E-state index contributed by atoms with van der Waals surface area (Å²) < 4.78 is 21.0. The zero-order valence-electron chi connectivity index (χ0n) is 23.2. The smallest absolute Gasteiger partial charge is 0.246 e. The number of rotatable bonds is 7. The molecule has 2 saturated heterocycles. The first-order valence-corrected chi connectivity index (χ1v) is 13.9. The summed E-state index contributed by atoms with van der Waals surface area (Å²) in [4.78, 5) is 25.1. The third kappa shape index (κ3) is 5.63. The van der Waals surface area contributed by atoms with Crippen LogP contribution in [0.25, 0.3) is 0 Å². The van der Waals surface area contributed by atoms with Crippen molar-refractivity contribution in [2.45, 2.75) is 44.3 Å². The predicted molar refractivity (Wildman–Crippen MR) is 151 cm³/mol. The quantitative estimate of drug-likeness (QED) is 0.511. The van der Waals surface area contributed by atoms with Gasteiger partial charge in [-0.25, -0.2) is 9.37 Å². The van der Waals surface area contributed by atoms with E-state index in [1.807, 2.05) is 4.90 Å². The van der Waals surface area contributed by atoms with E-state index in [9.17, 15) is 24.8 Å². The molecular weight excluding hydrogens is 525 g/mol. The summed E-state index contributed by atoms with van der Waals surface area (Å²) in [6, 6.07) is 8.33. The first kappa shape index (κ1) is 28.2. The molecule has 1 aromatic carbocycles. The minimum absolute atomic E-state index is 0.0270. The number of aromatic hydroxyl groups is 1. The fraction of sp³-hybridized carbons (Fsp3) is 0.467. The Balaban J connectivity index is 1.54. The SMILES string of the molecule is C=CC(=O)N1CCN(c2c(C#N)c(OC[C@@H]3CCCN3C)nc3c2CCN(c2cc(O)ccc2F)C3)C[C@@H]1CC#N. The Morgan fingerprint density at radius 2 is 2.07 bits per heavy atom. The summed E-state index contributed by atoms with van der Waals surface area (Å²) in [5.74, 6) is -0.457. The lowest BCUT2D eigenvalue weighted by Crippen LogP contribution is -2.55. The minimum atomic E-state index is -0.441. The molecule has 0 saturated carbocycles. The molecule has 5 rings (SSSR count). The van der Waals surface area contributed by atoms with Crippen molar-refractivity contribution in [1.82, 2.24) is 14.8 Å². The lowest BCUT2D eigenvalue weighted by molar-refractivity contribution is -0.128. The Morgan fingerprint density at radius 1 is 1.24 bits per heavy atom. The number of phenols is 1. The second-order valence-electron chi connectivity index (χ2n) is 10.8. The van der Waals surface area contributed by atoms with Crippen LogP contribution in [0.2, 0.25) is 0 Å². The molecule has 0 unspecified atom stereocenters. The van der Waals surface area contributed by atoms with E-state index in [1.165, 1.54) is 24.3 Å². The summed E-state index contributed by atoms with van der Waals surface area (Å²) in [7, 11) is 2.05. The summed E-state index contributed by atoms with van der Waals surface area (Å²) in [5, 5.41) is 29.9. The van der Waals surface area contributed by atoms with Crippen molar-refractivity contribution >= 4 is 17.3 Å². The molecular formula is C30H34FN7O3. The maximum absolute atomic E-state index is 14.8. The molecule has 3 aliphatic rings. The van der Waals surface area contributed by atoms with Crippen LogP contribution in [0.4, 0.5) is 15.8 Å². The van der Waals surface area contributed by atoms with E-state index in [0.29, 0.717) is 56.2 Å². The standard InChI is InChI=1S/C30H34FN7O3/c1-3-28(40)38-14-13-37(17-20(38)8-10-32)29-23-9-12-36(27-15-22(39)6-7-25(27)31)18-26(23)34-30(24(29)16-33)41-19-21-5-4-11-35(21)2/h3,6-7,15,20-21,39H,1,4-5,8-9,11-14,17-19H2,2H3/t20-,21-/m0/s1. The highest BCUT2D eigenvalue weighted by molar-refractivity contribution is 5.87. The Labute approximate surface area is 239 Å². The molecule has 1 amide bonds. The number of aromatic nitrogens is 1. The number of nitriles is 2. The number of hydrogen-bond acceptors (Lipinski definition) is 9. The van der Waals surface area contributed by atoms with Crippen molar-refractivity contribution in [2.75, 3.05) is 56.2 Å². The number of likely N-dealkylation sites (tertiary alicyclic amines) is 1. The Hall–Kier alpha value is -4.35. The minimum Gasteiger partial charge on any atom is -0.508 e. The summed E-state index contributed by atoms with van der Waals surface area (Å²) in [6.45, 7) is 6.91. The van der Waals surface area contributed by atoms with Gasteiger partial charge in [0.2, 0.25) is 11.8 Å². The van der Waals surface area contributed by atoms with Gasteiger partial charge in [0.1, 0.15) is 29.8 Å². The van der Waals surface area contributed by atoms with Gasteiger partial charge in [0.15, 0.2) is 0 Å². The predicted octanol–water partition coefficient (Wildman–Crippen LogP) is 2.95. The number of likely N-dealkylation sites (N-methyl/N-ethyl adjacent to an activating group) is 1. The number of hydrogen-bond donors (Lipinski definition) is 1. The molecule has 2 fully saturated rings. The average Bonchev–Trinajstić information content (AvgIpc) is 3.40. The van der Waals surface area contributed by atoms with Crippen molar-refractivity contribution < 1.29 is 19.0 Å². The molecule has 11 heteroatoms. The van der Waals surface area contributed by atoms with E-state index in [2.05, 4.69) is 35.6 Å². The molecule has 10 nitrogen and oxygen atoms in total. The van der Waals surface area contributed by atoms with Gasteiger partial charge in [0, 0.05) is 43.9 Å². The summed E-state index contributed by atoms with van der Waals surface area (Å²) in [6.07, 6.45) is 3.97. The van der Waals surface area contributed by atoms with Gasteiger partial charge in [-0.05, 0) is 51.1 Å². The first-order chi connectivity index (χ1) is 19.8. The van der Waals surface area contributed by atoms with E-state index >= 15 is 0 Å². The molecule has 41 heavy (non-hydrogen) atoms. The average molecular weight is 560 g/mol. The van der Waals surface area contributed by atoms with Gasteiger partial charge < -0.3 is 29.4 Å². The van der Waals surface area contributed by atoms with Gasteiger partial charge in [-0.2, -0.15) is 10.5 Å². The highest BCUT2D eigenvalue weighted by Crippen LogP contribution is 2.39. The third-order valence-electron chi connectivity index (χ3n) is 8.34. The van der Waals surface area contributed by atoms with Gasteiger partial charge in [-0.15, -0.1) is 0 Å². The van der Waals surface area contributed by atoms with Crippen molar-refractivity contribution in [2.24, 2.45) is 0 Å². The number of anilines is 2. The van der Waals surface area contributed by atoms with E-state index in [-0.39, 0.29) is 48.3 Å². The molecule has 2 atom stereocenters. The van der Waals surface area contributed by atoms with Crippen molar-refractivity contribution in [3.63, 3.8) is 0 Å². The number of amides is 1. The van der Waals surface area contributed by atoms with Crippen LogP contribution in [-0.4, -0.2) is 84.3 Å². The molecule has 2 aromatic rings. The molecule has 1 N–H and O–H groups in total. The van der Waals surface area contributed by atoms with E-state index in [1.54, 1.807) is 4.90 Å². The molecule has 0 aliphatic carbocycles. The highest BCUT2D eigenvalue weighted by atomic mass is 19.1. The van der Waals surface area contributed by atoms with E-state index < -0.39 is 5.82 Å². The molecule has 214 valence electrons. The molecule has 4 heterocycles. The molecule has 0 bridgehead atoms. The maximum atomic E-state index is 14.8. The van der Waals surface area contributed by atoms with Crippen LogP contribution in [0.5, 0.6) is 11.6 Å². The highest BCUT2D eigenvalue weighted by Gasteiger charge is 2.35. The maximum Gasteiger partial charge on any atom is 0.246 e. The van der Waals surface area contributed by atoms with Crippen molar-refractivity contribution in [1.29, 1.82) is 10.5 Å².